The summed E-state index contributed by atoms with van der Waals surface area (Å²) in [5, 5.41) is 6.13. The fourth-order valence-electron chi connectivity index (χ4n) is 4.84. The molecule has 1 heterocycles. The van der Waals surface area contributed by atoms with Gasteiger partial charge in [0.2, 0.25) is 5.91 Å². The molecule has 2 aromatic carbocycles. The van der Waals surface area contributed by atoms with Gasteiger partial charge in [0.05, 0.1) is 31.6 Å². The van der Waals surface area contributed by atoms with Crippen LogP contribution in [0.1, 0.15) is 70.7 Å². The number of hydrogen-bond donors (Lipinski definition) is 2. The van der Waals surface area contributed by atoms with Crippen molar-refractivity contribution in [1.82, 2.24) is 0 Å². The van der Waals surface area contributed by atoms with Gasteiger partial charge in [-0.05, 0) is 74.9 Å². The van der Waals surface area contributed by atoms with Crippen LogP contribution in [-0.2, 0) is 22.4 Å². The number of methoxy groups -OCH3 is 2. The molecule has 1 aliphatic rings. The molecule has 2 amide bonds. The number of thiophene rings is 1. The van der Waals surface area contributed by atoms with Crippen LogP contribution in [0.3, 0.4) is 0 Å². The van der Waals surface area contributed by atoms with E-state index in [2.05, 4.69) is 10.6 Å². The van der Waals surface area contributed by atoms with Crippen LogP contribution in [0.4, 0.5) is 10.7 Å². The van der Waals surface area contributed by atoms with Gasteiger partial charge in [-0.1, -0.05) is 25.5 Å². The molecule has 8 nitrogen and oxygen atoms in total. The first-order valence-corrected chi connectivity index (χ1v) is 15.5. The first-order valence-electron chi connectivity index (χ1n) is 13.8. The van der Waals surface area contributed by atoms with E-state index in [1.54, 1.807) is 31.2 Å². The zero-order valence-electron chi connectivity index (χ0n) is 23.8. The molecule has 1 aliphatic carbocycles. The van der Waals surface area contributed by atoms with E-state index in [1.807, 2.05) is 25.1 Å². The minimum atomic E-state index is -0.410. The molecule has 0 saturated heterocycles. The summed E-state index contributed by atoms with van der Waals surface area (Å²) in [5.74, 6) is -0.104. The normalized spacial score (nSPS) is 13.4. The zero-order chi connectivity index (χ0) is 29.4. The van der Waals surface area contributed by atoms with Crippen molar-refractivity contribution in [2.75, 3.05) is 31.5 Å². The maximum Gasteiger partial charge on any atom is 0.341 e. The van der Waals surface area contributed by atoms with Crippen molar-refractivity contribution in [2.45, 2.75) is 62.5 Å². The molecule has 1 unspecified atom stereocenters. The van der Waals surface area contributed by atoms with Gasteiger partial charge in [-0.2, -0.15) is 0 Å². The molecule has 0 fully saturated rings. The quantitative estimate of drug-likeness (QED) is 0.140. The lowest BCUT2D eigenvalue weighted by molar-refractivity contribution is -0.115. The second-order valence-electron chi connectivity index (χ2n) is 9.51. The second kappa shape index (κ2) is 14.4. The fraction of sp³-hybridized carbons (Fsp3) is 0.387. The van der Waals surface area contributed by atoms with Crippen LogP contribution in [0, 0.1) is 0 Å². The van der Waals surface area contributed by atoms with Gasteiger partial charge in [-0.25, -0.2) is 4.79 Å². The van der Waals surface area contributed by atoms with E-state index in [4.69, 9.17) is 14.2 Å². The minimum absolute atomic E-state index is 0.173. The van der Waals surface area contributed by atoms with E-state index in [-0.39, 0.29) is 24.4 Å². The van der Waals surface area contributed by atoms with Crippen molar-refractivity contribution in [3.05, 3.63) is 64.0 Å². The number of aryl methyl sites for hydroxylation is 1. The average Bonchev–Trinajstić information content (AvgIpc) is 3.15. The molecule has 0 spiro atoms. The number of benzene rings is 2. The van der Waals surface area contributed by atoms with E-state index in [0.29, 0.717) is 39.7 Å². The predicted molar refractivity (Wildman–Crippen MR) is 164 cm³/mol. The van der Waals surface area contributed by atoms with Crippen molar-refractivity contribution < 1.29 is 28.6 Å². The van der Waals surface area contributed by atoms with Crippen molar-refractivity contribution in [3.63, 3.8) is 0 Å². The first kappa shape index (κ1) is 30.5. The largest absolute Gasteiger partial charge is 0.496 e. The van der Waals surface area contributed by atoms with Crippen LogP contribution in [0.2, 0.25) is 0 Å². The summed E-state index contributed by atoms with van der Waals surface area (Å²) in [4.78, 5) is 41.5. The Labute approximate surface area is 249 Å². The molecule has 10 heteroatoms. The third-order valence-electron chi connectivity index (χ3n) is 6.83. The Hall–Kier alpha value is -3.50. The number of ether oxygens (including phenoxy) is 3. The lowest BCUT2D eigenvalue weighted by Crippen LogP contribution is -2.25. The van der Waals surface area contributed by atoms with Gasteiger partial charge in [0, 0.05) is 15.5 Å². The van der Waals surface area contributed by atoms with Crippen LogP contribution in [-0.4, -0.2) is 43.9 Å². The standard InChI is InChI=1S/C31H36N2O6S2/c1-5-24(28(34)33-30-26(31(36)39-6-2)21-14-8-7-9-17-25(21)41-30)40-20-13-10-12-19(18-20)32-29(35)27-22(37-3)15-11-16-23(27)38-4/h10-13,15-16,18,24H,5-9,14,17H2,1-4H3,(H,32,35)(H,33,34). The monoisotopic (exact) mass is 596 g/mol. The van der Waals surface area contributed by atoms with Crippen LogP contribution in [0.5, 0.6) is 11.5 Å². The van der Waals surface area contributed by atoms with Gasteiger partial charge in [-0.15, -0.1) is 23.1 Å². The summed E-state index contributed by atoms with van der Waals surface area (Å²) in [6, 6.07) is 12.5. The van der Waals surface area contributed by atoms with Crippen LogP contribution in [0.25, 0.3) is 0 Å². The zero-order valence-corrected chi connectivity index (χ0v) is 25.5. The number of esters is 1. The molecular formula is C31H36N2O6S2. The van der Waals surface area contributed by atoms with Gasteiger partial charge < -0.3 is 24.8 Å². The minimum Gasteiger partial charge on any atom is -0.496 e. The van der Waals surface area contributed by atoms with Crippen molar-refractivity contribution in [2.24, 2.45) is 0 Å². The van der Waals surface area contributed by atoms with Gasteiger partial charge in [0.1, 0.15) is 22.1 Å². The number of carbonyl (C=O) groups excluding carboxylic acids is 3. The highest BCUT2D eigenvalue weighted by Gasteiger charge is 2.28. The van der Waals surface area contributed by atoms with Crippen LogP contribution < -0.4 is 20.1 Å². The van der Waals surface area contributed by atoms with Crippen molar-refractivity contribution in [1.29, 1.82) is 0 Å². The summed E-state index contributed by atoms with van der Waals surface area (Å²) in [6.07, 6.45) is 5.53. The van der Waals surface area contributed by atoms with E-state index >= 15 is 0 Å². The molecule has 2 N–H and O–H groups in total. The second-order valence-corrected chi connectivity index (χ2v) is 11.9. The average molecular weight is 597 g/mol. The number of carbonyl (C=O) groups is 3. The molecule has 3 aromatic rings. The Morgan fingerprint density at radius 1 is 0.927 bits per heavy atom. The Bertz CT molecular complexity index is 1380. The third-order valence-corrected chi connectivity index (χ3v) is 9.39. The highest BCUT2D eigenvalue weighted by atomic mass is 32.2. The summed E-state index contributed by atoms with van der Waals surface area (Å²) < 4.78 is 16.1. The molecule has 0 aliphatic heterocycles. The molecule has 1 atom stereocenters. The lowest BCUT2D eigenvalue weighted by atomic mass is 10.1. The molecule has 1 aromatic heterocycles. The topological polar surface area (TPSA) is 103 Å². The first-order chi connectivity index (χ1) is 19.9. The summed E-state index contributed by atoms with van der Waals surface area (Å²) in [6.45, 7) is 4.02. The maximum atomic E-state index is 13.5. The summed E-state index contributed by atoms with van der Waals surface area (Å²) in [5.41, 5.74) is 2.42. The predicted octanol–water partition coefficient (Wildman–Crippen LogP) is 6.97. The Morgan fingerprint density at radius 2 is 1.63 bits per heavy atom. The Kier molecular flexibility index (Phi) is 10.7. The Morgan fingerprint density at radius 3 is 2.32 bits per heavy atom. The van der Waals surface area contributed by atoms with E-state index in [9.17, 15) is 14.4 Å². The number of thioether (sulfide) groups is 1. The number of anilines is 2. The number of hydrogen-bond acceptors (Lipinski definition) is 8. The number of rotatable bonds is 11. The SMILES string of the molecule is CCOC(=O)c1c(NC(=O)C(CC)Sc2cccc(NC(=O)c3c(OC)cccc3OC)c2)sc2c1CCCCC2. The lowest BCUT2D eigenvalue weighted by Gasteiger charge is -2.16. The molecule has 0 radical (unpaired) electrons. The highest BCUT2D eigenvalue weighted by Crippen LogP contribution is 2.39. The van der Waals surface area contributed by atoms with E-state index in [1.165, 1.54) is 37.3 Å². The van der Waals surface area contributed by atoms with Crippen molar-refractivity contribution in [3.8, 4) is 11.5 Å². The molecule has 0 saturated carbocycles. The van der Waals surface area contributed by atoms with Crippen LogP contribution in [0.15, 0.2) is 47.4 Å². The number of fused-ring (bicyclic) bond motifs is 1. The smallest absolute Gasteiger partial charge is 0.341 e. The molecule has 0 bridgehead atoms. The van der Waals surface area contributed by atoms with Gasteiger partial charge in [0.25, 0.3) is 5.91 Å². The Balaban J connectivity index is 1.50. The summed E-state index contributed by atoms with van der Waals surface area (Å²) >= 11 is 2.90. The fourth-order valence-corrected chi connectivity index (χ4v) is 7.14. The summed E-state index contributed by atoms with van der Waals surface area (Å²) in [7, 11) is 3.00. The molecule has 41 heavy (non-hydrogen) atoms. The highest BCUT2D eigenvalue weighted by molar-refractivity contribution is 8.00. The van der Waals surface area contributed by atoms with E-state index < -0.39 is 5.25 Å². The third kappa shape index (κ3) is 7.23. The van der Waals surface area contributed by atoms with Crippen molar-refractivity contribution >= 4 is 51.6 Å². The van der Waals surface area contributed by atoms with Gasteiger partial charge in [-0.3, -0.25) is 9.59 Å². The van der Waals surface area contributed by atoms with Crippen LogP contribution >= 0.6 is 23.1 Å². The van der Waals surface area contributed by atoms with Gasteiger partial charge >= 0.3 is 5.97 Å². The number of amides is 2. The van der Waals surface area contributed by atoms with E-state index in [0.717, 1.165) is 47.4 Å². The molecule has 4 rings (SSSR count). The van der Waals surface area contributed by atoms with Gasteiger partial charge in [0.15, 0.2) is 0 Å². The number of nitrogens with one attached hydrogen (secondary N) is 2. The molecular weight excluding hydrogens is 560 g/mol. The maximum absolute atomic E-state index is 13.5. The molecule has 218 valence electrons.